The van der Waals surface area contributed by atoms with Gasteiger partial charge >= 0.3 is 5.69 Å². The molecular formula is C15H22N2O4. The predicted molar refractivity (Wildman–Crippen MR) is 80.9 cm³/mol. The Labute approximate surface area is 124 Å². The number of benzene rings is 1. The highest BCUT2D eigenvalue weighted by atomic mass is 16.6. The molecular weight excluding hydrogens is 272 g/mol. The topological polar surface area (TPSA) is 75.8 Å². The van der Waals surface area contributed by atoms with Crippen LogP contribution in [0.1, 0.15) is 33.1 Å². The van der Waals surface area contributed by atoms with Crippen LogP contribution >= 0.6 is 0 Å². The highest BCUT2D eigenvalue weighted by Crippen LogP contribution is 2.40. The number of hydrogen-bond donors (Lipinski definition) is 1. The molecule has 0 bridgehead atoms. The minimum Gasteiger partial charge on any atom is -0.487 e. The van der Waals surface area contributed by atoms with E-state index in [1.165, 1.54) is 0 Å². The van der Waals surface area contributed by atoms with Crippen molar-refractivity contribution in [2.75, 3.05) is 18.1 Å². The van der Waals surface area contributed by atoms with Crippen LogP contribution in [0.15, 0.2) is 18.2 Å². The molecule has 1 heterocycles. The summed E-state index contributed by atoms with van der Waals surface area (Å²) in [7, 11) is 0. The minimum absolute atomic E-state index is 0.0249. The van der Waals surface area contributed by atoms with Crippen molar-refractivity contribution in [3.8, 4) is 5.75 Å². The van der Waals surface area contributed by atoms with Gasteiger partial charge in [0.05, 0.1) is 17.6 Å². The van der Waals surface area contributed by atoms with Gasteiger partial charge < -0.3 is 14.7 Å². The van der Waals surface area contributed by atoms with Gasteiger partial charge in [0.15, 0.2) is 5.75 Å². The maximum Gasteiger partial charge on any atom is 0.333 e. The summed E-state index contributed by atoms with van der Waals surface area (Å²) in [4.78, 5) is 13.1. The largest absolute Gasteiger partial charge is 0.487 e. The van der Waals surface area contributed by atoms with Crippen molar-refractivity contribution in [3.05, 3.63) is 28.3 Å². The second kappa shape index (κ2) is 6.76. The number of nitrogens with zero attached hydrogens (tertiary/aromatic N) is 2. The third-order valence-electron chi connectivity index (χ3n) is 3.76. The molecule has 0 amide bonds. The number of nitro groups is 1. The van der Waals surface area contributed by atoms with Gasteiger partial charge in [0.1, 0.15) is 5.69 Å². The molecule has 1 saturated heterocycles. The number of hydrogen-bond acceptors (Lipinski definition) is 5. The molecule has 0 spiro atoms. The maximum absolute atomic E-state index is 11.5. The molecule has 1 aliphatic rings. The molecule has 0 saturated carbocycles. The number of anilines is 1. The smallest absolute Gasteiger partial charge is 0.333 e. The molecule has 0 unspecified atom stereocenters. The minimum atomic E-state index is -0.412. The van der Waals surface area contributed by atoms with Crippen LogP contribution in [0.25, 0.3) is 0 Å². The van der Waals surface area contributed by atoms with Crippen LogP contribution in [0, 0.1) is 10.1 Å². The molecule has 116 valence electrons. The lowest BCUT2D eigenvalue weighted by atomic mass is 10.1. The fourth-order valence-electron chi connectivity index (χ4n) is 2.99. The number of para-hydroxylation sites is 1. The molecule has 6 nitrogen and oxygen atoms in total. The zero-order valence-corrected chi connectivity index (χ0v) is 12.5. The zero-order chi connectivity index (χ0) is 15.4. The molecule has 2 rings (SSSR count). The van der Waals surface area contributed by atoms with Gasteiger partial charge in [0, 0.05) is 12.6 Å². The van der Waals surface area contributed by atoms with Crippen LogP contribution in [-0.2, 0) is 0 Å². The number of aliphatic hydroxyl groups excluding tert-OH is 1. The van der Waals surface area contributed by atoms with Crippen molar-refractivity contribution in [1.82, 2.24) is 0 Å². The Morgan fingerprint density at radius 3 is 2.95 bits per heavy atom. The fraction of sp³-hybridized carbons (Fsp3) is 0.600. The predicted octanol–water partition coefficient (Wildman–Crippen LogP) is 2.73. The van der Waals surface area contributed by atoms with Crippen LogP contribution in [0.5, 0.6) is 5.75 Å². The van der Waals surface area contributed by atoms with E-state index in [0.717, 1.165) is 19.4 Å². The van der Waals surface area contributed by atoms with E-state index in [1.807, 2.05) is 11.8 Å². The van der Waals surface area contributed by atoms with E-state index in [-0.39, 0.29) is 16.7 Å². The van der Waals surface area contributed by atoms with E-state index >= 15 is 0 Å². The molecule has 1 aliphatic heterocycles. The highest BCUT2D eigenvalue weighted by Gasteiger charge is 2.32. The van der Waals surface area contributed by atoms with Crippen LogP contribution in [0.4, 0.5) is 11.4 Å². The summed E-state index contributed by atoms with van der Waals surface area (Å²) in [6.45, 7) is 4.72. The van der Waals surface area contributed by atoms with Crippen LogP contribution < -0.4 is 9.64 Å². The van der Waals surface area contributed by atoms with E-state index in [0.29, 0.717) is 24.5 Å². The average molecular weight is 294 g/mol. The number of rotatable bonds is 6. The lowest BCUT2D eigenvalue weighted by Crippen LogP contribution is -2.32. The summed E-state index contributed by atoms with van der Waals surface area (Å²) in [5.74, 6) is 0.308. The normalized spacial score (nSPS) is 19.6. The first-order valence-corrected chi connectivity index (χ1v) is 7.39. The van der Waals surface area contributed by atoms with Crippen molar-refractivity contribution < 1.29 is 14.8 Å². The Kier molecular flexibility index (Phi) is 5.01. The van der Waals surface area contributed by atoms with Gasteiger partial charge in [-0.15, -0.1) is 0 Å². The second-order valence-electron chi connectivity index (χ2n) is 5.39. The first kappa shape index (κ1) is 15.6. The molecule has 1 aromatic carbocycles. The quantitative estimate of drug-likeness (QED) is 0.645. The summed E-state index contributed by atoms with van der Waals surface area (Å²) in [6.07, 6.45) is 2.13. The summed E-state index contributed by atoms with van der Waals surface area (Å²) in [5, 5.41) is 21.1. The first-order chi connectivity index (χ1) is 10.0. The Hall–Kier alpha value is -1.82. The molecule has 1 aromatic rings. The van der Waals surface area contributed by atoms with Crippen LogP contribution in [0.3, 0.4) is 0 Å². The van der Waals surface area contributed by atoms with Gasteiger partial charge in [0.25, 0.3) is 0 Å². The molecule has 0 aromatic heterocycles. The molecule has 2 atom stereocenters. The summed E-state index contributed by atoms with van der Waals surface area (Å²) in [6, 6.07) is 5.32. The zero-order valence-electron chi connectivity index (χ0n) is 12.5. The number of ether oxygens (including phenoxy) is 1. The molecule has 0 radical (unpaired) electrons. The fourth-order valence-corrected chi connectivity index (χ4v) is 2.99. The molecule has 1 N–H and O–H groups in total. The van der Waals surface area contributed by atoms with E-state index in [2.05, 4.69) is 0 Å². The summed E-state index contributed by atoms with van der Waals surface area (Å²) in [5.41, 5.74) is 0.617. The van der Waals surface area contributed by atoms with Crippen molar-refractivity contribution in [2.24, 2.45) is 0 Å². The van der Waals surface area contributed by atoms with Gasteiger partial charge in [-0.2, -0.15) is 0 Å². The van der Waals surface area contributed by atoms with Crippen LogP contribution in [-0.4, -0.2) is 35.3 Å². The van der Waals surface area contributed by atoms with E-state index < -0.39 is 6.10 Å². The Balaban J connectivity index is 2.38. The van der Waals surface area contributed by atoms with Crippen molar-refractivity contribution in [3.63, 3.8) is 0 Å². The van der Waals surface area contributed by atoms with Crippen molar-refractivity contribution in [1.29, 1.82) is 0 Å². The van der Waals surface area contributed by atoms with E-state index in [1.54, 1.807) is 25.1 Å². The van der Waals surface area contributed by atoms with Gasteiger partial charge in [-0.25, -0.2) is 0 Å². The number of nitro benzene ring substituents is 1. The van der Waals surface area contributed by atoms with E-state index in [4.69, 9.17) is 4.74 Å². The van der Waals surface area contributed by atoms with Crippen LogP contribution in [0.2, 0.25) is 0 Å². The van der Waals surface area contributed by atoms with Gasteiger partial charge in [-0.1, -0.05) is 6.07 Å². The maximum atomic E-state index is 11.5. The molecule has 21 heavy (non-hydrogen) atoms. The summed E-state index contributed by atoms with van der Waals surface area (Å²) >= 11 is 0. The standard InChI is InChI=1S/C15H22N2O4/c1-3-21-14-8-4-7-13(15(14)17(19)20)16-9-5-6-12(16)10-11(2)18/h4,7-8,11-12,18H,3,5-6,9-10H2,1-2H3/t11-,12-/m0/s1. The highest BCUT2D eigenvalue weighted by molar-refractivity contribution is 5.70. The van der Waals surface area contributed by atoms with Gasteiger partial charge in [0.2, 0.25) is 0 Å². The van der Waals surface area contributed by atoms with E-state index in [9.17, 15) is 15.2 Å². The Morgan fingerprint density at radius 1 is 1.57 bits per heavy atom. The third kappa shape index (κ3) is 3.44. The monoisotopic (exact) mass is 294 g/mol. The lowest BCUT2D eigenvalue weighted by Gasteiger charge is -2.27. The van der Waals surface area contributed by atoms with Gasteiger partial charge in [-0.3, -0.25) is 10.1 Å². The number of aliphatic hydroxyl groups is 1. The van der Waals surface area contributed by atoms with Crippen molar-refractivity contribution >= 4 is 11.4 Å². The average Bonchev–Trinajstić information content (AvgIpc) is 2.85. The van der Waals surface area contributed by atoms with Gasteiger partial charge in [-0.05, 0) is 45.2 Å². The Bertz CT molecular complexity index is 504. The lowest BCUT2D eigenvalue weighted by molar-refractivity contribution is -0.385. The van der Waals surface area contributed by atoms with Crippen molar-refractivity contribution in [2.45, 2.75) is 45.3 Å². The molecule has 6 heteroatoms. The Morgan fingerprint density at radius 2 is 2.33 bits per heavy atom. The SMILES string of the molecule is CCOc1cccc(N2CCC[C@H]2C[C@H](C)O)c1[N+](=O)[O-]. The summed E-state index contributed by atoms with van der Waals surface area (Å²) < 4.78 is 5.40. The third-order valence-corrected chi connectivity index (χ3v) is 3.76. The first-order valence-electron chi connectivity index (χ1n) is 7.39. The molecule has 1 fully saturated rings. The molecule has 0 aliphatic carbocycles. The second-order valence-corrected chi connectivity index (χ2v) is 5.39.